The lowest BCUT2D eigenvalue weighted by Crippen LogP contribution is -2.20. The molecule has 0 spiro atoms. The number of hydrogen-bond donors (Lipinski definition) is 1. The third-order valence-corrected chi connectivity index (χ3v) is 2.77. The summed E-state index contributed by atoms with van der Waals surface area (Å²) in [5.74, 6) is 1.92. The zero-order chi connectivity index (χ0) is 13.2. The molecule has 1 aromatic rings. The Morgan fingerprint density at radius 2 is 1.82 bits per heavy atom. The van der Waals surface area contributed by atoms with Crippen molar-refractivity contribution >= 4 is 17.4 Å². The standard InChI is InChI=1S/C13H22ClN3/c1-8(2)11-16-10(14)9(3)12(17-11)15-7-13(4,5)6/h8H,7H2,1-6H3,(H,15,16,17). The van der Waals surface area contributed by atoms with Gasteiger partial charge in [0.25, 0.3) is 0 Å². The molecule has 0 radical (unpaired) electrons. The summed E-state index contributed by atoms with van der Waals surface area (Å²) in [5, 5.41) is 3.90. The van der Waals surface area contributed by atoms with Gasteiger partial charge in [-0.2, -0.15) is 0 Å². The van der Waals surface area contributed by atoms with Crippen molar-refractivity contribution in [2.45, 2.75) is 47.5 Å². The molecule has 96 valence electrons. The Balaban J connectivity index is 2.98. The van der Waals surface area contributed by atoms with Crippen LogP contribution in [-0.2, 0) is 0 Å². The molecular formula is C13H22ClN3. The van der Waals surface area contributed by atoms with Gasteiger partial charge in [-0.3, -0.25) is 0 Å². The number of aromatic nitrogens is 2. The average molecular weight is 256 g/mol. The first kappa shape index (κ1) is 14.2. The van der Waals surface area contributed by atoms with Crippen molar-refractivity contribution in [3.8, 4) is 0 Å². The number of halogens is 1. The molecule has 0 unspecified atom stereocenters. The molecule has 4 heteroatoms. The van der Waals surface area contributed by atoms with Crippen molar-refractivity contribution in [2.24, 2.45) is 5.41 Å². The maximum atomic E-state index is 6.12. The van der Waals surface area contributed by atoms with Gasteiger partial charge in [-0.05, 0) is 12.3 Å². The van der Waals surface area contributed by atoms with Crippen molar-refractivity contribution in [2.75, 3.05) is 11.9 Å². The van der Waals surface area contributed by atoms with Gasteiger partial charge in [0.15, 0.2) is 0 Å². The minimum Gasteiger partial charge on any atom is -0.369 e. The van der Waals surface area contributed by atoms with Crippen molar-refractivity contribution in [3.05, 3.63) is 16.5 Å². The molecule has 0 fully saturated rings. The third kappa shape index (κ3) is 4.15. The molecule has 0 saturated heterocycles. The van der Waals surface area contributed by atoms with E-state index in [-0.39, 0.29) is 11.3 Å². The zero-order valence-electron chi connectivity index (χ0n) is 11.6. The second kappa shape index (κ2) is 5.21. The number of nitrogens with one attached hydrogen (secondary N) is 1. The summed E-state index contributed by atoms with van der Waals surface area (Å²) in [6, 6.07) is 0. The number of rotatable bonds is 3. The summed E-state index contributed by atoms with van der Waals surface area (Å²) in [4.78, 5) is 8.82. The van der Waals surface area contributed by atoms with Gasteiger partial charge in [-0.1, -0.05) is 46.2 Å². The number of hydrogen-bond acceptors (Lipinski definition) is 3. The topological polar surface area (TPSA) is 37.8 Å². The predicted octanol–water partition coefficient (Wildman–Crippen LogP) is 4.02. The molecule has 0 aliphatic rings. The number of nitrogens with zero attached hydrogens (tertiary/aromatic N) is 2. The summed E-state index contributed by atoms with van der Waals surface area (Å²) >= 11 is 6.12. The molecule has 0 aliphatic heterocycles. The smallest absolute Gasteiger partial charge is 0.137 e. The van der Waals surface area contributed by atoms with Crippen LogP contribution in [0, 0.1) is 12.3 Å². The van der Waals surface area contributed by atoms with Gasteiger partial charge in [0.1, 0.15) is 16.8 Å². The van der Waals surface area contributed by atoms with Gasteiger partial charge in [-0.25, -0.2) is 9.97 Å². The molecule has 1 heterocycles. The van der Waals surface area contributed by atoms with Gasteiger partial charge in [0, 0.05) is 18.0 Å². The van der Waals surface area contributed by atoms with Crippen LogP contribution in [0.4, 0.5) is 5.82 Å². The second-order valence-corrected chi connectivity index (χ2v) is 6.27. The molecule has 0 aromatic carbocycles. The van der Waals surface area contributed by atoms with Crippen LogP contribution >= 0.6 is 11.6 Å². The van der Waals surface area contributed by atoms with Crippen LogP contribution in [0.5, 0.6) is 0 Å². The molecule has 0 aliphatic carbocycles. The Kier molecular flexibility index (Phi) is 4.36. The summed E-state index contributed by atoms with van der Waals surface area (Å²) in [5.41, 5.74) is 1.13. The van der Waals surface area contributed by atoms with Crippen molar-refractivity contribution in [3.63, 3.8) is 0 Å². The molecule has 1 rings (SSSR count). The largest absolute Gasteiger partial charge is 0.369 e. The first-order valence-electron chi connectivity index (χ1n) is 5.98. The lowest BCUT2D eigenvalue weighted by molar-refractivity contribution is 0.442. The van der Waals surface area contributed by atoms with E-state index in [2.05, 4.69) is 49.9 Å². The summed E-state index contributed by atoms with van der Waals surface area (Å²) in [6.45, 7) is 13.5. The van der Waals surface area contributed by atoms with E-state index in [9.17, 15) is 0 Å². The monoisotopic (exact) mass is 255 g/mol. The lowest BCUT2D eigenvalue weighted by atomic mass is 9.97. The highest BCUT2D eigenvalue weighted by atomic mass is 35.5. The van der Waals surface area contributed by atoms with Gasteiger partial charge in [0.2, 0.25) is 0 Å². The van der Waals surface area contributed by atoms with Crippen LogP contribution in [-0.4, -0.2) is 16.5 Å². The SMILES string of the molecule is Cc1c(Cl)nc(C(C)C)nc1NCC(C)(C)C. The lowest BCUT2D eigenvalue weighted by Gasteiger charge is -2.20. The highest BCUT2D eigenvalue weighted by molar-refractivity contribution is 6.30. The van der Waals surface area contributed by atoms with Crippen molar-refractivity contribution in [1.82, 2.24) is 9.97 Å². The van der Waals surface area contributed by atoms with Crippen LogP contribution in [0.1, 0.15) is 51.9 Å². The van der Waals surface area contributed by atoms with E-state index in [0.29, 0.717) is 5.15 Å². The highest BCUT2D eigenvalue weighted by Crippen LogP contribution is 2.24. The molecule has 1 N–H and O–H groups in total. The van der Waals surface area contributed by atoms with Crippen LogP contribution in [0.25, 0.3) is 0 Å². The molecule has 0 atom stereocenters. The number of anilines is 1. The normalized spacial score (nSPS) is 12.0. The van der Waals surface area contributed by atoms with Crippen molar-refractivity contribution < 1.29 is 0 Å². The fourth-order valence-electron chi connectivity index (χ4n) is 1.28. The Morgan fingerprint density at radius 1 is 1.24 bits per heavy atom. The minimum absolute atomic E-state index is 0.210. The molecule has 0 bridgehead atoms. The van der Waals surface area contributed by atoms with Crippen molar-refractivity contribution in [1.29, 1.82) is 0 Å². The molecular weight excluding hydrogens is 234 g/mol. The summed E-state index contributed by atoms with van der Waals surface area (Å²) in [6.07, 6.45) is 0. The van der Waals surface area contributed by atoms with Gasteiger partial charge in [0.05, 0.1) is 0 Å². The maximum absolute atomic E-state index is 6.12. The van der Waals surface area contributed by atoms with Crippen LogP contribution in [0.3, 0.4) is 0 Å². The first-order valence-corrected chi connectivity index (χ1v) is 6.36. The van der Waals surface area contributed by atoms with Crippen LogP contribution in [0.15, 0.2) is 0 Å². The van der Waals surface area contributed by atoms with E-state index in [4.69, 9.17) is 11.6 Å². The summed E-state index contributed by atoms with van der Waals surface area (Å²) in [7, 11) is 0. The van der Waals surface area contributed by atoms with Crippen LogP contribution < -0.4 is 5.32 Å². The minimum atomic E-state index is 0.210. The second-order valence-electron chi connectivity index (χ2n) is 5.92. The van der Waals surface area contributed by atoms with Gasteiger partial charge < -0.3 is 5.32 Å². The predicted molar refractivity (Wildman–Crippen MR) is 73.8 cm³/mol. The van der Waals surface area contributed by atoms with E-state index < -0.39 is 0 Å². The Bertz CT molecular complexity index is 394. The van der Waals surface area contributed by atoms with E-state index in [0.717, 1.165) is 23.8 Å². The maximum Gasteiger partial charge on any atom is 0.137 e. The molecule has 1 aromatic heterocycles. The highest BCUT2D eigenvalue weighted by Gasteiger charge is 2.14. The zero-order valence-corrected chi connectivity index (χ0v) is 12.3. The molecule has 17 heavy (non-hydrogen) atoms. The first-order chi connectivity index (χ1) is 7.70. The fourth-order valence-corrected chi connectivity index (χ4v) is 1.46. The van der Waals surface area contributed by atoms with E-state index in [1.807, 2.05) is 6.92 Å². The van der Waals surface area contributed by atoms with Gasteiger partial charge >= 0.3 is 0 Å². The Morgan fingerprint density at radius 3 is 2.29 bits per heavy atom. The van der Waals surface area contributed by atoms with Crippen LogP contribution in [0.2, 0.25) is 5.15 Å². The van der Waals surface area contributed by atoms with E-state index in [1.165, 1.54) is 0 Å². The average Bonchev–Trinajstić information content (AvgIpc) is 2.18. The molecule has 0 saturated carbocycles. The quantitative estimate of drug-likeness (QED) is 0.829. The van der Waals surface area contributed by atoms with E-state index in [1.54, 1.807) is 0 Å². The summed E-state index contributed by atoms with van der Waals surface area (Å²) < 4.78 is 0. The van der Waals surface area contributed by atoms with Gasteiger partial charge in [-0.15, -0.1) is 0 Å². The fraction of sp³-hybridized carbons (Fsp3) is 0.692. The molecule has 3 nitrogen and oxygen atoms in total. The Labute approximate surface area is 109 Å². The third-order valence-electron chi connectivity index (χ3n) is 2.41. The van der Waals surface area contributed by atoms with E-state index >= 15 is 0 Å². The Hall–Kier alpha value is -0.830. The molecule has 0 amide bonds.